The molecule has 3 atom stereocenters. The molecule has 1 aliphatic heterocycles. The molecular formula is C19H17F2N5. The molecule has 2 N–H and O–H groups in total. The summed E-state index contributed by atoms with van der Waals surface area (Å²) in [4.78, 5) is 8.72. The maximum absolute atomic E-state index is 12.9. The molecular weight excluding hydrogens is 336 g/mol. The number of benzene rings is 1. The standard InChI is InChI=1S/C19H17F2N5/c1-9-17-13(7-16(20)21)18(17)12-6-10(2-3-14(12)24-9)11-4-5-26-15(11)8-23-19(22)25-26/h2-6,8,13,16-18H,7H2,1H3,(H2,22,25)/t13?,17-,18+/m0/s1. The van der Waals surface area contributed by atoms with Crippen molar-refractivity contribution in [1.29, 1.82) is 0 Å². The fraction of sp³-hybridized carbons (Fsp3) is 0.316. The molecule has 0 radical (unpaired) electrons. The number of hydrogen-bond acceptors (Lipinski definition) is 4. The second kappa shape index (κ2) is 5.33. The minimum absolute atomic E-state index is 0.0100. The number of rotatable bonds is 3. The van der Waals surface area contributed by atoms with Gasteiger partial charge < -0.3 is 5.73 Å². The Hall–Kier alpha value is -2.83. The molecule has 7 heteroatoms. The molecule has 3 aromatic rings. The van der Waals surface area contributed by atoms with Gasteiger partial charge in [0.15, 0.2) is 0 Å². The minimum atomic E-state index is -2.27. The van der Waals surface area contributed by atoms with Crippen molar-refractivity contribution >= 4 is 22.9 Å². The van der Waals surface area contributed by atoms with E-state index in [0.29, 0.717) is 0 Å². The molecule has 0 amide bonds. The van der Waals surface area contributed by atoms with Gasteiger partial charge in [-0.25, -0.2) is 18.3 Å². The molecule has 1 saturated carbocycles. The van der Waals surface area contributed by atoms with E-state index in [9.17, 15) is 8.78 Å². The van der Waals surface area contributed by atoms with E-state index in [2.05, 4.69) is 21.1 Å². The van der Waals surface area contributed by atoms with Gasteiger partial charge >= 0.3 is 0 Å². The highest BCUT2D eigenvalue weighted by atomic mass is 19.3. The first-order valence-corrected chi connectivity index (χ1v) is 8.60. The molecule has 2 aliphatic rings. The molecule has 5 rings (SSSR count). The monoisotopic (exact) mass is 353 g/mol. The highest BCUT2D eigenvalue weighted by Gasteiger charge is 2.55. The van der Waals surface area contributed by atoms with Gasteiger partial charge in [0, 0.05) is 29.8 Å². The Labute approximate surface area is 148 Å². The van der Waals surface area contributed by atoms with Gasteiger partial charge in [0.25, 0.3) is 0 Å². The number of anilines is 1. The summed E-state index contributed by atoms with van der Waals surface area (Å²) in [7, 11) is 0. The van der Waals surface area contributed by atoms with Crippen molar-refractivity contribution in [2.24, 2.45) is 16.8 Å². The van der Waals surface area contributed by atoms with E-state index in [4.69, 9.17) is 5.73 Å². The predicted octanol–water partition coefficient (Wildman–Crippen LogP) is 4.07. The zero-order valence-corrected chi connectivity index (χ0v) is 14.1. The van der Waals surface area contributed by atoms with Crippen LogP contribution >= 0.6 is 0 Å². The number of hydrogen-bond donors (Lipinski definition) is 1. The highest BCUT2D eigenvalue weighted by Crippen LogP contribution is 2.62. The molecule has 3 heterocycles. The van der Waals surface area contributed by atoms with Gasteiger partial charge in [-0.05, 0) is 48.1 Å². The Kier molecular flexibility index (Phi) is 3.16. The van der Waals surface area contributed by atoms with Gasteiger partial charge in [-0.15, -0.1) is 5.10 Å². The van der Waals surface area contributed by atoms with Crippen LogP contribution < -0.4 is 5.73 Å². The fourth-order valence-corrected chi connectivity index (χ4v) is 4.38. The van der Waals surface area contributed by atoms with Crippen LogP contribution in [0.2, 0.25) is 0 Å². The Balaban J connectivity index is 1.59. The first kappa shape index (κ1) is 15.4. The molecule has 0 saturated heterocycles. The average molecular weight is 353 g/mol. The molecule has 0 bridgehead atoms. The highest BCUT2D eigenvalue weighted by molar-refractivity contribution is 5.94. The number of aliphatic imine (C=N–C) groups is 1. The maximum atomic E-state index is 12.9. The van der Waals surface area contributed by atoms with Crippen LogP contribution in [0.15, 0.2) is 41.7 Å². The van der Waals surface area contributed by atoms with E-state index in [1.54, 1.807) is 10.7 Å². The lowest BCUT2D eigenvalue weighted by Crippen LogP contribution is -2.03. The first-order valence-electron chi connectivity index (χ1n) is 8.60. The molecule has 1 unspecified atom stereocenters. The summed E-state index contributed by atoms with van der Waals surface area (Å²) in [5.74, 6) is 0.507. The lowest BCUT2D eigenvalue weighted by Gasteiger charge is -2.13. The quantitative estimate of drug-likeness (QED) is 0.772. The van der Waals surface area contributed by atoms with Crippen molar-refractivity contribution in [3.8, 4) is 11.1 Å². The van der Waals surface area contributed by atoms with Gasteiger partial charge in [0.1, 0.15) is 0 Å². The summed E-state index contributed by atoms with van der Waals surface area (Å²) >= 11 is 0. The Morgan fingerprint density at radius 2 is 2.08 bits per heavy atom. The number of fused-ring (bicyclic) bond motifs is 4. The van der Waals surface area contributed by atoms with Crippen molar-refractivity contribution in [2.75, 3.05) is 5.73 Å². The number of halogens is 2. The molecule has 1 aromatic carbocycles. The molecule has 0 spiro atoms. The normalized spacial score (nSPS) is 23.7. The SMILES string of the molecule is CC1=Nc2ccc(-c3ccn4nc(N)ncc34)cc2[C@@H]2C(CC(F)F)[C@H]12. The molecule has 26 heavy (non-hydrogen) atoms. The van der Waals surface area contributed by atoms with Crippen LogP contribution in [0.5, 0.6) is 0 Å². The summed E-state index contributed by atoms with van der Waals surface area (Å²) in [6, 6.07) is 8.03. The van der Waals surface area contributed by atoms with Crippen LogP contribution in [-0.4, -0.2) is 26.7 Å². The third-order valence-electron chi connectivity index (χ3n) is 5.53. The van der Waals surface area contributed by atoms with Crippen molar-refractivity contribution in [1.82, 2.24) is 14.6 Å². The van der Waals surface area contributed by atoms with Crippen LogP contribution in [0.1, 0.15) is 24.8 Å². The second-order valence-corrected chi connectivity index (χ2v) is 7.04. The van der Waals surface area contributed by atoms with Crippen LogP contribution in [-0.2, 0) is 0 Å². The second-order valence-electron chi connectivity index (χ2n) is 7.04. The number of nitrogens with two attached hydrogens (primary N) is 1. The minimum Gasteiger partial charge on any atom is -0.367 e. The molecule has 1 fully saturated rings. The Morgan fingerprint density at radius 1 is 1.23 bits per heavy atom. The Bertz CT molecular complexity index is 1060. The summed E-state index contributed by atoms with van der Waals surface area (Å²) in [5, 5.41) is 4.17. The fourth-order valence-electron chi connectivity index (χ4n) is 4.38. The number of alkyl halides is 2. The summed E-state index contributed by atoms with van der Waals surface area (Å²) < 4.78 is 27.5. The van der Waals surface area contributed by atoms with Crippen molar-refractivity contribution in [3.05, 3.63) is 42.2 Å². The topological polar surface area (TPSA) is 68.6 Å². The van der Waals surface area contributed by atoms with Crippen LogP contribution in [0.4, 0.5) is 20.4 Å². The summed E-state index contributed by atoms with van der Waals surface area (Å²) in [6.07, 6.45) is 1.19. The smallest absolute Gasteiger partial charge is 0.238 e. The number of nitrogens with zero attached hydrogens (tertiary/aromatic N) is 4. The zero-order chi connectivity index (χ0) is 18.0. The van der Waals surface area contributed by atoms with E-state index >= 15 is 0 Å². The molecule has 1 aliphatic carbocycles. The first-order chi connectivity index (χ1) is 12.5. The van der Waals surface area contributed by atoms with Gasteiger partial charge in [-0.1, -0.05) is 6.07 Å². The van der Waals surface area contributed by atoms with E-state index < -0.39 is 6.43 Å². The number of aromatic nitrogens is 3. The van der Waals surface area contributed by atoms with E-state index in [1.807, 2.05) is 31.3 Å². The van der Waals surface area contributed by atoms with Gasteiger partial charge in [0.05, 0.1) is 17.4 Å². The predicted molar refractivity (Wildman–Crippen MR) is 95.9 cm³/mol. The van der Waals surface area contributed by atoms with Crippen molar-refractivity contribution in [3.63, 3.8) is 0 Å². The zero-order valence-electron chi connectivity index (χ0n) is 14.1. The molecule has 132 valence electrons. The van der Waals surface area contributed by atoms with Crippen LogP contribution in [0, 0.1) is 11.8 Å². The van der Waals surface area contributed by atoms with E-state index in [0.717, 1.165) is 33.6 Å². The lowest BCUT2D eigenvalue weighted by molar-refractivity contribution is 0.129. The molecule has 5 nitrogen and oxygen atoms in total. The average Bonchev–Trinajstić information content (AvgIpc) is 3.15. The number of nitrogen functional groups attached to an aromatic ring is 1. The third kappa shape index (κ3) is 2.23. The van der Waals surface area contributed by atoms with Gasteiger partial charge in [0.2, 0.25) is 12.4 Å². The summed E-state index contributed by atoms with van der Waals surface area (Å²) in [6.45, 7) is 1.95. The summed E-state index contributed by atoms with van der Waals surface area (Å²) in [5.41, 5.74) is 11.4. The lowest BCUT2D eigenvalue weighted by atomic mass is 9.96. The van der Waals surface area contributed by atoms with Crippen molar-refractivity contribution < 1.29 is 8.78 Å². The van der Waals surface area contributed by atoms with Gasteiger partial charge in [-0.3, -0.25) is 4.99 Å². The largest absolute Gasteiger partial charge is 0.367 e. The maximum Gasteiger partial charge on any atom is 0.238 e. The molecule has 2 aromatic heterocycles. The van der Waals surface area contributed by atoms with Crippen LogP contribution in [0.25, 0.3) is 16.6 Å². The van der Waals surface area contributed by atoms with Gasteiger partial charge in [-0.2, -0.15) is 0 Å². The van der Waals surface area contributed by atoms with Crippen molar-refractivity contribution in [2.45, 2.75) is 25.7 Å². The van der Waals surface area contributed by atoms with E-state index in [1.165, 1.54) is 0 Å². The van der Waals surface area contributed by atoms with Crippen LogP contribution in [0.3, 0.4) is 0 Å². The third-order valence-corrected chi connectivity index (χ3v) is 5.53. The van der Waals surface area contributed by atoms with E-state index in [-0.39, 0.29) is 30.1 Å². The Morgan fingerprint density at radius 3 is 2.88 bits per heavy atom.